The molecule has 0 radical (unpaired) electrons. The van der Waals surface area contributed by atoms with Crippen LogP contribution in [0.4, 0.5) is 0 Å². The second-order valence-corrected chi connectivity index (χ2v) is 5.86. The first kappa shape index (κ1) is 13.6. The van der Waals surface area contributed by atoms with Gasteiger partial charge in [0.2, 0.25) is 0 Å². The molecule has 104 valence electrons. The van der Waals surface area contributed by atoms with Gasteiger partial charge < -0.3 is 10.2 Å². The van der Waals surface area contributed by atoms with Crippen molar-refractivity contribution in [1.29, 1.82) is 0 Å². The fourth-order valence-electron chi connectivity index (χ4n) is 3.01. The minimum atomic E-state index is -1.19. The van der Waals surface area contributed by atoms with Crippen LogP contribution in [-0.4, -0.2) is 20.7 Å². The Hall–Kier alpha value is -1.78. The van der Waals surface area contributed by atoms with E-state index < -0.39 is 11.5 Å². The van der Waals surface area contributed by atoms with Crippen LogP contribution in [0.5, 0.6) is 5.75 Å². The lowest BCUT2D eigenvalue weighted by molar-refractivity contribution is 0.0660. The monoisotopic (exact) mass is 265 g/mol. The third kappa shape index (κ3) is 2.50. The molecule has 0 bridgehead atoms. The number of hydrogen-bond donors (Lipinski definition) is 2. The fourth-order valence-corrected chi connectivity index (χ4v) is 3.01. The highest BCUT2D eigenvalue weighted by Crippen LogP contribution is 2.43. The molecule has 1 aliphatic rings. The summed E-state index contributed by atoms with van der Waals surface area (Å²) in [5, 5.41) is 18.7. The quantitative estimate of drug-likeness (QED) is 0.860. The molecule has 1 unspecified atom stereocenters. The van der Waals surface area contributed by atoms with Gasteiger partial charge in [-0.2, -0.15) is 0 Å². The Kier molecular flexibility index (Phi) is 3.39. The van der Waals surface area contributed by atoms with Crippen molar-refractivity contribution in [2.45, 2.75) is 45.6 Å². The third-order valence-electron chi connectivity index (χ3n) is 4.03. The highest BCUT2D eigenvalue weighted by atomic mass is 16.4. The van der Waals surface area contributed by atoms with E-state index >= 15 is 0 Å². The average Bonchev–Trinajstić information content (AvgIpc) is 2.28. The zero-order valence-electron chi connectivity index (χ0n) is 11.2. The number of carboxylic acid groups (broad SMARTS) is 1. The first-order valence-corrected chi connectivity index (χ1v) is 6.52. The van der Waals surface area contributed by atoms with Gasteiger partial charge in [-0.15, -0.1) is 0 Å². The maximum Gasteiger partial charge on any atom is 0.352 e. The molecular formula is C14H19NO4. The topological polar surface area (TPSA) is 79.5 Å². The average molecular weight is 265 g/mol. The zero-order chi connectivity index (χ0) is 14.2. The van der Waals surface area contributed by atoms with Gasteiger partial charge in [0.25, 0.3) is 5.56 Å². The van der Waals surface area contributed by atoms with Crippen LogP contribution in [0.2, 0.25) is 0 Å². The van der Waals surface area contributed by atoms with Crippen LogP contribution >= 0.6 is 0 Å². The van der Waals surface area contributed by atoms with Crippen LogP contribution in [0.15, 0.2) is 16.9 Å². The fraction of sp³-hybridized carbons (Fsp3) is 0.571. The van der Waals surface area contributed by atoms with Gasteiger partial charge in [0, 0.05) is 18.2 Å². The maximum absolute atomic E-state index is 12.1. The van der Waals surface area contributed by atoms with Gasteiger partial charge in [-0.1, -0.05) is 26.7 Å². The van der Waals surface area contributed by atoms with Crippen molar-refractivity contribution in [1.82, 2.24) is 4.57 Å². The van der Waals surface area contributed by atoms with E-state index in [2.05, 4.69) is 13.8 Å². The second kappa shape index (κ2) is 4.72. The number of nitrogens with zero attached hydrogens (tertiary/aromatic N) is 1. The molecule has 1 heterocycles. The van der Waals surface area contributed by atoms with Gasteiger partial charge in [-0.25, -0.2) is 4.79 Å². The Balaban J connectivity index is 2.61. The van der Waals surface area contributed by atoms with Gasteiger partial charge >= 0.3 is 5.97 Å². The lowest BCUT2D eigenvalue weighted by atomic mass is 9.73. The van der Waals surface area contributed by atoms with Crippen molar-refractivity contribution in [3.05, 3.63) is 28.2 Å². The van der Waals surface area contributed by atoms with Crippen molar-refractivity contribution >= 4 is 5.97 Å². The van der Waals surface area contributed by atoms with E-state index in [1.54, 1.807) is 0 Å². The van der Waals surface area contributed by atoms with Crippen LogP contribution in [-0.2, 0) is 0 Å². The first-order valence-electron chi connectivity index (χ1n) is 6.52. The van der Waals surface area contributed by atoms with E-state index in [4.69, 9.17) is 0 Å². The van der Waals surface area contributed by atoms with Crippen LogP contribution in [0, 0.1) is 5.41 Å². The summed E-state index contributed by atoms with van der Waals surface area (Å²) < 4.78 is 1.33. The van der Waals surface area contributed by atoms with Crippen molar-refractivity contribution in [3.8, 4) is 5.75 Å². The summed E-state index contributed by atoms with van der Waals surface area (Å²) in [6.07, 6.45) is 3.83. The molecule has 1 aromatic heterocycles. The number of carbonyl (C=O) groups is 1. The van der Waals surface area contributed by atoms with Crippen molar-refractivity contribution in [2.24, 2.45) is 5.41 Å². The summed E-state index contributed by atoms with van der Waals surface area (Å²) in [6.45, 7) is 4.11. The third-order valence-corrected chi connectivity index (χ3v) is 4.03. The predicted octanol–water partition coefficient (Wildman–Crippen LogP) is 2.39. The van der Waals surface area contributed by atoms with Gasteiger partial charge in [-0.05, 0) is 18.3 Å². The van der Waals surface area contributed by atoms with Gasteiger partial charge in [-0.3, -0.25) is 9.36 Å². The maximum atomic E-state index is 12.1. The zero-order valence-corrected chi connectivity index (χ0v) is 11.2. The molecule has 0 amide bonds. The van der Waals surface area contributed by atoms with E-state index in [0.717, 1.165) is 37.8 Å². The van der Waals surface area contributed by atoms with E-state index in [-0.39, 0.29) is 22.9 Å². The molecule has 5 nitrogen and oxygen atoms in total. The Bertz CT molecular complexity index is 559. The van der Waals surface area contributed by atoms with Crippen LogP contribution in [0.3, 0.4) is 0 Å². The molecule has 1 aliphatic carbocycles. The summed E-state index contributed by atoms with van der Waals surface area (Å²) in [5.74, 6) is -1.48. The summed E-state index contributed by atoms with van der Waals surface area (Å²) in [4.78, 5) is 23.4. The number of carboxylic acids is 1. The standard InChI is InChI=1S/C14H19NO4/c1-14(2)6-4-3-5-11(14)15-10(13(18)19)7-9(16)8-12(15)17/h7-8,11,16H,3-6H2,1-2H3,(H,18,19). The lowest BCUT2D eigenvalue weighted by Crippen LogP contribution is -2.38. The molecule has 2 N–H and O–H groups in total. The first-order chi connectivity index (χ1) is 8.83. The molecule has 1 aromatic rings. The minimum absolute atomic E-state index is 0.122. The number of aromatic nitrogens is 1. The predicted molar refractivity (Wildman–Crippen MR) is 70.6 cm³/mol. The van der Waals surface area contributed by atoms with E-state index in [0.29, 0.717) is 0 Å². The van der Waals surface area contributed by atoms with Crippen LogP contribution in [0.25, 0.3) is 0 Å². The summed E-state index contributed by atoms with van der Waals surface area (Å²) in [5.41, 5.74) is -0.703. The van der Waals surface area contributed by atoms with Gasteiger partial charge in [0.05, 0.1) is 0 Å². The number of rotatable bonds is 2. The smallest absolute Gasteiger partial charge is 0.352 e. The number of hydrogen-bond acceptors (Lipinski definition) is 3. The Labute approximate surface area is 111 Å². The second-order valence-electron chi connectivity index (χ2n) is 5.86. The normalized spacial score (nSPS) is 22.1. The Morgan fingerprint density at radius 2 is 2.05 bits per heavy atom. The Morgan fingerprint density at radius 1 is 1.37 bits per heavy atom. The lowest BCUT2D eigenvalue weighted by Gasteiger charge is -2.40. The molecule has 0 aromatic carbocycles. The SMILES string of the molecule is CC1(C)CCCCC1n1c(C(=O)O)cc(O)cc1=O. The summed E-state index contributed by atoms with van der Waals surface area (Å²) >= 11 is 0. The number of aromatic hydroxyl groups is 1. The molecule has 1 atom stereocenters. The Morgan fingerprint density at radius 3 is 2.63 bits per heavy atom. The molecule has 0 saturated heterocycles. The van der Waals surface area contributed by atoms with Crippen molar-refractivity contribution < 1.29 is 15.0 Å². The van der Waals surface area contributed by atoms with E-state index in [1.807, 2.05) is 0 Å². The van der Waals surface area contributed by atoms with Gasteiger partial charge in [0.15, 0.2) is 0 Å². The minimum Gasteiger partial charge on any atom is -0.508 e. The summed E-state index contributed by atoms with van der Waals surface area (Å²) in [7, 11) is 0. The van der Waals surface area contributed by atoms with Crippen LogP contribution in [0.1, 0.15) is 56.1 Å². The molecular weight excluding hydrogens is 246 g/mol. The van der Waals surface area contributed by atoms with Crippen LogP contribution < -0.4 is 5.56 Å². The number of aromatic carboxylic acids is 1. The molecule has 19 heavy (non-hydrogen) atoms. The largest absolute Gasteiger partial charge is 0.508 e. The molecule has 2 rings (SSSR count). The molecule has 0 aliphatic heterocycles. The van der Waals surface area contributed by atoms with Crippen molar-refractivity contribution in [3.63, 3.8) is 0 Å². The number of pyridine rings is 1. The van der Waals surface area contributed by atoms with E-state index in [1.165, 1.54) is 4.57 Å². The van der Waals surface area contributed by atoms with E-state index in [9.17, 15) is 19.8 Å². The molecule has 1 saturated carbocycles. The van der Waals surface area contributed by atoms with Crippen molar-refractivity contribution in [2.75, 3.05) is 0 Å². The molecule has 0 spiro atoms. The molecule has 5 heteroatoms. The molecule has 1 fully saturated rings. The van der Waals surface area contributed by atoms with Gasteiger partial charge in [0.1, 0.15) is 11.4 Å². The highest BCUT2D eigenvalue weighted by Gasteiger charge is 2.36. The highest BCUT2D eigenvalue weighted by molar-refractivity contribution is 5.86. The summed E-state index contributed by atoms with van der Waals surface area (Å²) in [6, 6.07) is 2.09.